The minimum atomic E-state index is -0.204. The van der Waals surface area contributed by atoms with E-state index in [0.29, 0.717) is 13.1 Å². The second-order valence-electron chi connectivity index (χ2n) is 7.54. The fourth-order valence-electron chi connectivity index (χ4n) is 3.96. The summed E-state index contributed by atoms with van der Waals surface area (Å²) in [6, 6.07) is 15.3. The van der Waals surface area contributed by atoms with Gasteiger partial charge in [-0.1, -0.05) is 33.6 Å². The van der Waals surface area contributed by atoms with Crippen molar-refractivity contribution in [2.24, 2.45) is 0 Å². The summed E-state index contributed by atoms with van der Waals surface area (Å²) < 4.78 is 0.965. The Labute approximate surface area is 184 Å². The standard InChI is InChI=1S/C22H24BrN3O2S/c1-16-2-8-19(9-3-16)24-21(28)25-12-10-22(11-13-25)26(14-15-29-22)20(27)17-4-6-18(23)7-5-17/h2-9H,10-15H2,1H3,(H,24,28). The first-order valence-electron chi connectivity index (χ1n) is 9.81. The normalized spacial score (nSPS) is 18.1. The summed E-state index contributed by atoms with van der Waals surface area (Å²) in [7, 11) is 0. The Balaban J connectivity index is 1.40. The van der Waals surface area contributed by atoms with E-state index in [1.54, 1.807) is 0 Å². The molecule has 29 heavy (non-hydrogen) atoms. The molecule has 0 aliphatic carbocycles. The third-order valence-electron chi connectivity index (χ3n) is 5.65. The van der Waals surface area contributed by atoms with Crippen molar-refractivity contribution in [3.63, 3.8) is 0 Å². The van der Waals surface area contributed by atoms with Gasteiger partial charge < -0.3 is 15.1 Å². The maximum absolute atomic E-state index is 13.1. The lowest BCUT2D eigenvalue weighted by Crippen LogP contribution is -2.54. The lowest BCUT2D eigenvalue weighted by atomic mass is 10.0. The molecule has 3 amide bonds. The van der Waals surface area contributed by atoms with E-state index in [4.69, 9.17) is 0 Å². The Morgan fingerprint density at radius 1 is 1.00 bits per heavy atom. The number of thioether (sulfide) groups is 1. The molecule has 0 aromatic heterocycles. The predicted molar refractivity (Wildman–Crippen MR) is 121 cm³/mol. The van der Waals surface area contributed by atoms with Crippen molar-refractivity contribution in [2.45, 2.75) is 24.6 Å². The second-order valence-corrected chi connectivity index (χ2v) is 9.91. The Hall–Kier alpha value is -1.99. The number of rotatable bonds is 2. The van der Waals surface area contributed by atoms with E-state index in [2.05, 4.69) is 21.2 Å². The van der Waals surface area contributed by atoms with Crippen LogP contribution in [0.2, 0.25) is 0 Å². The Bertz CT molecular complexity index is 893. The highest BCUT2D eigenvalue weighted by molar-refractivity contribution is 9.10. The zero-order valence-corrected chi connectivity index (χ0v) is 18.8. The molecule has 2 saturated heterocycles. The summed E-state index contributed by atoms with van der Waals surface area (Å²) in [5.74, 6) is 1.03. The largest absolute Gasteiger partial charge is 0.324 e. The molecule has 4 rings (SSSR count). The molecule has 0 bridgehead atoms. The van der Waals surface area contributed by atoms with E-state index in [1.807, 2.05) is 77.0 Å². The first kappa shape index (κ1) is 20.3. The van der Waals surface area contributed by atoms with E-state index in [9.17, 15) is 9.59 Å². The number of carbonyl (C=O) groups is 2. The number of hydrogen-bond acceptors (Lipinski definition) is 3. The number of urea groups is 1. The number of amides is 3. The molecule has 2 heterocycles. The number of nitrogens with zero attached hydrogens (tertiary/aromatic N) is 2. The number of benzene rings is 2. The van der Waals surface area contributed by atoms with E-state index in [0.717, 1.165) is 46.4 Å². The molecule has 2 aliphatic rings. The SMILES string of the molecule is Cc1ccc(NC(=O)N2CCC3(CC2)SCCN3C(=O)c2ccc(Br)cc2)cc1. The van der Waals surface area contributed by atoms with Crippen LogP contribution in [0.25, 0.3) is 0 Å². The van der Waals surface area contributed by atoms with Crippen molar-refractivity contribution in [1.29, 1.82) is 0 Å². The van der Waals surface area contributed by atoms with Crippen LogP contribution in [0, 0.1) is 6.92 Å². The zero-order chi connectivity index (χ0) is 20.4. The molecular formula is C22H24BrN3O2S. The van der Waals surface area contributed by atoms with Gasteiger partial charge >= 0.3 is 6.03 Å². The number of halogens is 1. The molecule has 0 unspecified atom stereocenters. The molecule has 0 radical (unpaired) electrons. The fourth-order valence-corrected chi connectivity index (χ4v) is 5.68. The van der Waals surface area contributed by atoms with E-state index in [-0.39, 0.29) is 16.8 Å². The van der Waals surface area contributed by atoms with Crippen LogP contribution in [0.3, 0.4) is 0 Å². The molecule has 1 spiro atoms. The van der Waals surface area contributed by atoms with Crippen LogP contribution in [0.4, 0.5) is 10.5 Å². The van der Waals surface area contributed by atoms with Crippen molar-refractivity contribution in [1.82, 2.24) is 9.80 Å². The zero-order valence-electron chi connectivity index (χ0n) is 16.4. The molecule has 1 N–H and O–H groups in total. The van der Waals surface area contributed by atoms with Crippen LogP contribution in [-0.4, -0.2) is 52.0 Å². The highest BCUT2D eigenvalue weighted by Crippen LogP contribution is 2.44. The molecule has 5 nitrogen and oxygen atoms in total. The number of likely N-dealkylation sites (tertiary alicyclic amines) is 1. The number of carbonyl (C=O) groups excluding carboxylic acids is 2. The minimum Gasteiger partial charge on any atom is -0.324 e. The minimum absolute atomic E-state index is 0.0718. The Kier molecular flexibility index (Phi) is 5.88. The van der Waals surface area contributed by atoms with Crippen LogP contribution < -0.4 is 5.32 Å². The highest BCUT2D eigenvalue weighted by atomic mass is 79.9. The molecular weight excluding hydrogens is 450 g/mol. The number of anilines is 1. The van der Waals surface area contributed by atoms with Gasteiger partial charge in [-0.25, -0.2) is 4.79 Å². The van der Waals surface area contributed by atoms with Gasteiger partial charge in [0.25, 0.3) is 5.91 Å². The lowest BCUT2D eigenvalue weighted by Gasteiger charge is -2.44. The molecule has 0 saturated carbocycles. The number of aryl methyl sites for hydroxylation is 1. The van der Waals surface area contributed by atoms with Crippen molar-refractivity contribution in [3.05, 3.63) is 64.1 Å². The molecule has 2 aliphatic heterocycles. The fraction of sp³-hybridized carbons (Fsp3) is 0.364. The third kappa shape index (κ3) is 4.31. The van der Waals surface area contributed by atoms with Gasteiger partial charge in [-0.05, 0) is 56.2 Å². The quantitative estimate of drug-likeness (QED) is 0.669. The molecule has 2 aromatic rings. The Morgan fingerprint density at radius 2 is 1.66 bits per heavy atom. The Morgan fingerprint density at radius 3 is 2.31 bits per heavy atom. The highest BCUT2D eigenvalue weighted by Gasteiger charge is 2.47. The van der Waals surface area contributed by atoms with Crippen molar-refractivity contribution in [3.8, 4) is 0 Å². The second kappa shape index (κ2) is 8.40. The van der Waals surface area contributed by atoms with E-state index < -0.39 is 0 Å². The summed E-state index contributed by atoms with van der Waals surface area (Å²) in [6.07, 6.45) is 1.59. The average molecular weight is 474 g/mol. The summed E-state index contributed by atoms with van der Waals surface area (Å²) in [6.45, 7) is 4.08. The van der Waals surface area contributed by atoms with Gasteiger partial charge in [0.05, 0.1) is 4.87 Å². The van der Waals surface area contributed by atoms with Crippen LogP contribution in [-0.2, 0) is 0 Å². The van der Waals surface area contributed by atoms with Crippen LogP contribution >= 0.6 is 27.7 Å². The van der Waals surface area contributed by atoms with Crippen LogP contribution in [0.15, 0.2) is 53.0 Å². The van der Waals surface area contributed by atoms with E-state index >= 15 is 0 Å². The van der Waals surface area contributed by atoms with Gasteiger partial charge in [-0.3, -0.25) is 4.79 Å². The molecule has 7 heteroatoms. The van der Waals surface area contributed by atoms with Gasteiger partial charge in [0.15, 0.2) is 0 Å². The summed E-state index contributed by atoms with van der Waals surface area (Å²) in [4.78, 5) is 29.4. The smallest absolute Gasteiger partial charge is 0.321 e. The van der Waals surface area contributed by atoms with Gasteiger partial charge in [-0.2, -0.15) is 0 Å². The van der Waals surface area contributed by atoms with Crippen molar-refractivity contribution >= 4 is 45.3 Å². The maximum Gasteiger partial charge on any atom is 0.321 e. The molecule has 152 valence electrons. The summed E-state index contributed by atoms with van der Waals surface area (Å²) >= 11 is 5.28. The molecule has 0 atom stereocenters. The first-order valence-corrected chi connectivity index (χ1v) is 11.6. The third-order valence-corrected chi connectivity index (χ3v) is 7.73. The van der Waals surface area contributed by atoms with Gasteiger partial charge in [0.1, 0.15) is 0 Å². The van der Waals surface area contributed by atoms with Gasteiger partial charge in [-0.15, -0.1) is 11.8 Å². The lowest BCUT2D eigenvalue weighted by molar-refractivity contribution is 0.0585. The van der Waals surface area contributed by atoms with Crippen molar-refractivity contribution < 1.29 is 9.59 Å². The van der Waals surface area contributed by atoms with Crippen molar-refractivity contribution in [2.75, 3.05) is 30.7 Å². The predicted octanol–water partition coefficient (Wildman–Crippen LogP) is 4.97. The van der Waals surface area contributed by atoms with E-state index in [1.165, 1.54) is 0 Å². The molecule has 2 aromatic carbocycles. The maximum atomic E-state index is 13.1. The first-order chi connectivity index (χ1) is 14.0. The number of piperidine rings is 1. The summed E-state index contributed by atoms with van der Waals surface area (Å²) in [5.41, 5.74) is 2.69. The average Bonchev–Trinajstić information content (AvgIpc) is 3.13. The van der Waals surface area contributed by atoms with Gasteiger partial charge in [0.2, 0.25) is 0 Å². The van der Waals surface area contributed by atoms with Crippen LogP contribution in [0.1, 0.15) is 28.8 Å². The number of hydrogen-bond donors (Lipinski definition) is 1. The monoisotopic (exact) mass is 473 g/mol. The summed E-state index contributed by atoms with van der Waals surface area (Å²) in [5, 5.41) is 2.98. The van der Waals surface area contributed by atoms with Crippen LogP contribution in [0.5, 0.6) is 0 Å². The molecule has 2 fully saturated rings. The van der Waals surface area contributed by atoms with Gasteiger partial charge in [0, 0.05) is 41.1 Å². The number of nitrogens with one attached hydrogen (secondary N) is 1. The topological polar surface area (TPSA) is 52.7 Å².